The van der Waals surface area contributed by atoms with Crippen LogP contribution in [-0.2, 0) is 0 Å². The van der Waals surface area contributed by atoms with Crippen LogP contribution in [0.3, 0.4) is 0 Å². The lowest BCUT2D eigenvalue weighted by Crippen LogP contribution is -2.30. The van der Waals surface area contributed by atoms with Crippen LogP contribution < -0.4 is 4.74 Å². The molecule has 0 N–H and O–H groups in total. The predicted molar refractivity (Wildman–Crippen MR) is 79.8 cm³/mol. The fourth-order valence-corrected chi connectivity index (χ4v) is 2.48. The van der Waals surface area contributed by atoms with E-state index >= 15 is 0 Å². The van der Waals surface area contributed by atoms with Crippen molar-refractivity contribution in [1.82, 2.24) is 9.80 Å². The molecule has 1 heterocycles. The first-order valence-corrected chi connectivity index (χ1v) is 7.32. The molecule has 1 aliphatic heterocycles. The Balaban J connectivity index is 1.70. The van der Waals surface area contributed by atoms with Gasteiger partial charge in [0.2, 0.25) is 0 Å². The molecule has 0 unspecified atom stereocenters. The lowest BCUT2D eigenvalue weighted by atomic mass is 10.2. The van der Waals surface area contributed by atoms with Gasteiger partial charge >= 0.3 is 0 Å². The number of benzene rings is 1. The van der Waals surface area contributed by atoms with Crippen LogP contribution in [-0.4, -0.2) is 56.2 Å². The third kappa shape index (κ3) is 4.52. The molecular formula is C16H23N3O. The average Bonchev–Trinajstić information content (AvgIpc) is 2.69. The number of rotatable bonds is 5. The van der Waals surface area contributed by atoms with Crippen LogP contribution in [0.15, 0.2) is 24.3 Å². The Morgan fingerprint density at radius 3 is 2.90 bits per heavy atom. The van der Waals surface area contributed by atoms with Crippen molar-refractivity contribution < 1.29 is 4.74 Å². The lowest BCUT2D eigenvalue weighted by Gasteiger charge is -2.20. The minimum atomic E-state index is 0.615. The van der Waals surface area contributed by atoms with Crippen LogP contribution in [0.2, 0.25) is 0 Å². The molecule has 0 bridgehead atoms. The van der Waals surface area contributed by atoms with Gasteiger partial charge in [-0.3, -0.25) is 0 Å². The third-order valence-electron chi connectivity index (χ3n) is 3.70. The maximum atomic E-state index is 8.99. The smallest absolute Gasteiger partial charge is 0.137 e. The monoisotopic (exact) mass is 273 g/mol. The Kier molecular flexibility index (Phi) is 5.85. The summed E-state index contributed by atoms with van der Waals surface area (Å²) >= 11 is 0. The van der Waals surface area contributed by atoms with Crippen molar-refractivity contribution in [2.45, 2.75) is 12.8 Å². The Labute approximate surface area is 121 Å². The van der Waals surface area contributed by atoms with E-state index in [-0.39, 0.29) is 0 Å². The van der Waals surface area contributed by atoms with E-state index in [1.54, 1.807) is 6.07 Å². The molecule has 0 saturated carbocycles. The van der Waals surface area contributed by atoms with E-state index in [9.17, 15) is 0 Å². The second-order valence-corrected chi connectivity index (χ2v) is 5.31. The summed E-state index contributed by atoms with van der Waals surface area (Å²) < 4.78 is 5.71. The van der Waals surface area contributed by atoms with Gasteiger partial charge in [-0.25, -0.2) is 0 Å². The molecule has 0 atom stereocenters. The van der Waals surface area contributed by atoms with E-state index in [1.165, 1.54) is 19.5 Å². The summed E-state index contributed by atoms with van der Waals surface area (Å²) in [6.07, 6.45) is 2.25. The second-order valence-electron chi connectivity index (χ2n) is 5.31. The summed E-state index contributed by atoms with van der Waals surface area (Å²) in [7, 11) is 2.19. The van der Waals surface area contributed by atoms with Gasteiger partial charge in [-0.1, -0.05) is 12.1 Å². The molecule has 0 aliphatic carbocycles. The van der Waals surface area contributed by atoms with Gasteiger partial charge in [-0.05, 0) is 45.1 Å². The molecule has 0 amide bonds. The molecule has 0 aromatic heterocycles. The topological polar surface area (TPSA) is 39.5 Å². The van der Waals surface area contributed by atoms with Crippen LogP contribution in [0, 0.1) is 11.3 Å². The maximum Gasteiger partial charge on any atom is 0.137 e. The number of ether oxygens (including phenoxy) is 1. The van der Waals surface area contributed by atoms with Gasteiger partial charge in [0.05, 0.1) is 12.2 Å². The molecule has 20 heavy (non-hydrogen) atoms. The highest BCUT2D eigenvalue weighted by Crippen LogP contribution is 2.16. The van der Waals surface area contributed by atoms with E-state index < -0.39 is 0 Å². The van der Waals surface area contributed by atoms with Crippen molar-refractivity contribution >= 4 is 0 Å². The van der Waals surface area contributed by atoms with Crippen molar-refractivity contribution in [2.24, 2.45) is 0 Å². The van der Waals surface area contributed by atoms with Crippen molar-refractivity contribution in [2.75, 3.05) is 46.4 Å². The quantitative estimate of drug-likeness (QED) is 0.769. The molecule has 1 aromatic carbocycles. The molecule has 2 rings (SSSR count). The summed E-state index contributed by atoms with van der Waals surface area (Å²) in [6.45, 7) is 6.42. The molecule has 1 aromatic rings. The summed E-state index contributed by atoms with van der Waals surface area (Å²) in [5.41, 5.74) is 0.615. The fraction of sp³-hybridized carbons (Fsp3) is 0.562. The van der Waals surface area contributed by atoms with Gasteiger partial charge in [0.25, 0.3) is 0 Å². The molecule has 108 valence electrons. The average molecular weight is 273 g/mol. The van der Waals surface area contributed by atoms with E-state index in [2.05, 4.69) is 22.9 Å². The van der Waals surface area contributed by atoms with Gasteiger partial charge in [0.15, 0.2) is 0 Å². The van der Waals surface area contributed by atoms with E-state index in [0.29, 0.717) is 17.9 Å². The molecule has 1 fully saturated rings. The molecule has 1 saturated heterocycles. The maximum absolute atomic E-state index is 8.99. The molecule has 4 heteroatoms. The standard InChI is InChI=1S/C16H23N3O/c1-18-8-4-9-19(12-11-18)10-5-13-20-16-7-3-2-6-15(16)14-17/h2-3,6-7H,4-5,8-13H2,1H3. The number of hydrogen-bond donors (Lipinski definition) is 0. The SMILES string of the molecule is CN1CCCN(CCCOc2ccccc2C#N)CC1. The molecule has 4 nitrogen and oxygen atoms in total. The number of nitrogens with zero attached hydrogens (tertiary/aromatic N) is 3. The third-order valence-corrected chi connectivity index (χ3v) is 3.70. The Morgan fingerprint density at radius 2 is 2.05 bits per heavy atom. The zero-order valence-corrected chi connectivity index (χ0v) is 12.2. The highest BCUT2D eigenvalue weighted by molar-refractivity contribution is 5.42. The van der Waals surface area contributed by atoms with Gasteiger partial charge < -0.3 is 14.5 Å². The Bertz CT molecular complexity index is 455. The zero-order valence-electron chi connectivity index (χ0n) is 12.2. The van der Waals surface area contributed by atoms with E-state index in [4.69, 9.17) is 10.00 Å². The van der Waals surface area contributed by atoms with Gasteiger partial charge in [-0.15, -0.1) is 0 Å². The van der Waals surface area contributed by atoms with Crippen molar-refractivity contribution in [1.29, 1.82) is 5.26 Å². The normalized spacial score (nSPS) is 17.4. The molecule has 0 radical (unpaired) electrons. The van der Waals surface area contributed by atoms with Crippen molar-refractivity contribution in [3.63, 3.8) is 0 Å². The minimum absolute atomic E-state index is 0.615. The lowest BCUT2D eigenvalue weighted by molar-refractivity contribution is 0.237. The van der Waals surface area contributed by atoms with Crippen LogP contribution in [0.25, 0.3) is 0 Å². The van der Waals surface area contributed by atoms with Gasteiger partial charge in [0, 0.05) is 19.6 Å². The molecular weight excluding hydrogens is 250 g/mol. The predicted octanol–water partition coefficient (Wildman–Crippen LogP) is 1.96. The van der Waals surface area contributed by atoms with E-state index in [1.807, 2.05) is 18.2 Å². The van der Waals surface area contributed by atoms with Gasteiger partial charge in [0.1, 0.15) is 11.8 Å². The van der Waals surface area contributed by atoms with Gasteiger partial charge in [-0.2, -0.15) is 5.26 Å². The molecule has 1 aliphatic rings. The Morgan fingerprint density at radius 1 is 1.20 bits per heavy atom. The van der Waals surface area contributed by atoms with Crippen LogP contribution in [0.1, 0.15) is 18.4 Å². The zero-order chi connectivity index (χ0) is 14.2. The number of likely N-dealkylation sites (N-methyl/N-ethyl adjacent to an activating group) is 1. The Hall–Kier alpha value is -1.57. The number of para-hydroxylation sites is 1. The van der Waals surface area contributed by atoms with Crippen LogP contribution >= 0.6 is 0 Å². The minimum Gasteiger partial charge on any atom is -0.492 e. The summed E-state index contributed by atoms with van der Waals surface area (Å²) in [4.78, 5) is 4.89. The largest absolute Gasteiger partial charge is 0.492 e. The highest BCUT2D eigenvalue weighted by Gasteiger charge is 2.11. The first kappa shape index (κ1) is 14.8. The van der Waals surface area contributed by atoms with Crippen LogP contribution in [0.4, 0.5) is 0 Å². The van der Waals surface area contributed by atoms with Crippen molar-refractivity contribution in [3.05, 3.63) is 29.8 Å². The highest BCUT2D eigenvalue weighted by atomic mass is 16.5. The first-order chi connectivity index (χ1) is 9.79. The number of nitriles is 1. The summed E-state index contributed by atoms with van der Waals surface area (Å²) in [5.74, 6) is 0.700. The molecule has 0 spiro atoms. The van der Waals surface area contributed by atoms with Crippen molar-refractivity contribution in [3.8, 4) is 11.8 Å². The summed E-state index contributed by atoms with van der Waals surface area (Å²) in [5, 5.41) is 8.99. The van der Waals surface area contributed by atoms with Crippen LogP contribution in [0.5, 0.6) is 5.75 Å². The summed E-state index contributed by atoms with van der Waals surface area (Å²) in [6, 6.07) is 9.57. The number of hydrogen-bond acceptors (Lipinski definition) is 4. The first-order valence-electron chi connectivity index (χ1n) is 7.32. The fourth-order valence-electron chi connectivity index (χ4n) is 2.48. The second kappa shape index (κ2) is 7.88. The van der Waals surface area contributed by atoms with E-state index in [0.717, 1.165) is 26.1 Å².